The lowest BCUT2D eigenvalue weighted by Gasteiger charge is -2.26. The molecule has 1 aliphatic rings. The van der Waals surface area contributed by atoms with Crippen molar-refractivity contribution in [2.45, 2.75) is 31.8 Å². The molecule has 0 saturated carbocycles. The zero-order valence-corrected chi connectivity index (χ0v) is 16.6. The number of carbonyl (C=O) groups excluding carboxylic acids is 1. The van der Waals surface area contributed by atoms with Gasteiger partial charge in [0.2, 0.25) is 0 Å². The number of aromatic nitrogens is 2. The fourth-order valence-corrected chi connectivity index (χ4v) is 3.77. The molecule has 0 radical (unpaired) electrons. The molecular formula is C22H27N5O2. The third-order valence-electron chi connectivity index (χ3n) is 5.35. The highest BCUT2D eigenvalue weighted by atomic mass is 16.3. The van der Waals surface area contributed by atoms with Crippen LogP contribution in [0.3, 0.4) is 0 Å². The highest BCUT2D eigenvalue weighted by Crippen LogP contribution is 2.25. The largest absolute Gasteiger partial charge is 0.468 e. The molecule has 7 heteroatoms. The summed E-state index contributed by atoms with van der Waals surface area (Å²) in [5.41, 5.74) is 2.00. The molecule has 152 valence electrons. The second-order valence-electron chi connectivity index (χ2n) is 7.40. The fourth-order valence-electron chi connectivity index (χ4n) is 3.77. The molecule has 3 heterocycles. The maximum absolute atomic E-state index is 12.5. The van der Waals surface area contributed by atoms with E-state index in [9.17, 15) is 4.79 Å². The summed E-state index contributed by atoms with van der Waals surface area (Å²) in [6, 6.07) is 13.5. The zero-order chi connectivity index (χ0) is 20.1. The second-order valence-corrected chi connectivity index (χ2v) is 7.40. The number of rotatable bonds is 7. The van der Waals surface area contributed by atoms with Crippen LogP contribution in [0.4, 0.5) is 4.79 Å². The van der Waals surface area contributed by atoms with Gasteiger partial charge in [-0.25, -0.2) is 9.78 Å². The van der Waals surface area contributed by atoms with Gasteiger partial charge in [0.1, 0.15) is 11.6 Å². The summed E-state index contributed by atoms with van der Waals surface area (Å²) in [5, 5.41) is 5.95. The van der Waals surface area contributed by atoms with Crippen molar-refractivity contribution in [2.75, 3.05) is 19.6 Å². The van der Waals surface area contributed by atoms with Crippen LogP contribution in [0.15, 0.2) is 59.3 Å². The molecule has 29 heavy (non-hydrogen) atoms. The normalized spacial score (nSPS) is 16.4. The van der Waals surface area contributed by atoms with Gasteiger partial charge in [-0.05, 0) is 50.6 Å². The Kier molecular flexibility index (Phi) is 5.95. The van der Waals surface area contributed by atoms with Crippen molar-refractivity contribution >= 4 is 6.03 Å². The van der Waals surface area contributed by atoms with Crippen molar-refractivity contribution in [3.63, 3.8) is 0 Å². The first kappa shape index (κ1) is 19.3. The third-order valence-corrected chi connectivity index (χ3v) is 5.35. The van der Waals surface area contributed by atoms with Crippen molar-refractivity contribution in [1.29, 1.82) is 0 Å². The van der Waals surface area contributed by atoms with Crippen LogP contribution < -0.4 is 10.6 Å². The Bertz CT molecular complexity index is 900. The van der Waals surface area contributed by atoms with Crippen molar-refractivity contribution in [1.82, 2.24) is 25.5 Å². The summed E-state index contributed by atoms with van der Waals surface area (Å²) < 4.78 is 5.61. The Balaban J connectivity index is 1.33. The Labute approximate surface area is 170 Å². The molecule has 2 atom stereocenters. The first-order valence-electron chi connectivity index (χ1n) is 10.1. The molecule has 3 N–H and O–H groups in total. The standard InChI is InChI=1S/C22H27N5O2/c1-16(21-23-14-18(26-21)17-8-3-2-4-9-17)25-22(28)24-15-19(20-10-7-13-29-20)27-11-5-6-12-27/h2-4,7-10,13-14,16,19H,5-6,11-12,15H2,1H3,(H,23,26)(H2,24,25,28). The number of furan rings is 1. The van der Waals surface area contributed by atoms with Crippen LogP contribution >= 0.6 is 0 Å². The van der Waals surface area contributed by atoms with E-state index >= 15 is 0 Å². The van der Waals surface area contributed by atoms with Gasteiger partial charge in [0.25, 0.3) is 0 Å². The van der Waals surface area contributed by atoms with E-state index in [0.29, 0.717) is 6.54 Å². The summed E-state index contributed by atoms with van der Waals surface area (Å²) in [4.78, 5) is 22.6. The number of imidazole rings is 1. The average Bonchev–Trinajstić information content (AvgIpc) is 3.51. The number of nitrogens with zero attached hydrogens (tertiary/aromatic N) is 2. The minimum absolute atomic E-state index is 0.0573. The highest BCUT2D eigenvalue weighted by Gasteiger charge is 2.26. The van der Waals surface area contributed by atoms with E-state index in [-0.39, 0.29) is 18.1 Å². The van der Waals surface area contributed by atoms with Crippen LogP contribution in [0.25, 0.3) is 11.3 Å². The van der Waals surface area contributed by atoms with E-state index in [0.717, 1.165) is 35.9 Å². The summed E-state index contributed by atoms with van der Waals surface area (Å²) in [5.74, 6) is 1.61. The smallest absolute Gasteiger partial charge is 0.315 e. The van der Waals surface area contributed by atoms with Gasteiger partial charge in [-0.1, -0.05) is 30.3 Å². The number of benzene rings is 1. The van der Waals surface area contributed by atoms with Crippen LogP contribution in [-0.4, -0.2) is 40.5 Å². The Morgan fingerprint density at radius 2 is 2.00 bits per heavy atom. The molecule has 4 rings (SSSR count). The molecule has 2 aromatic heterocycles. The van der Waals surface area contributed by atoms with Crippen molar-refractivity contribution in [2.24, 2.45) is 0 Å². The van der Waals surface area contributed by atoms with E-state index in [1.54, 1.807) is 12.5 Å². The molecule has 2 unspecified atom stereocenters. The Morgan fingerprint density at radius 3 is 2.72 bits per heavy atom. The molecule has 0 spiro atoms. The topological polar surface area (TPSA) is 86.2 Å². The molecule has 7 nitrogen and oxygen atoms in total. The Morgan fingerprint density at radius 1 is 1.21 bits per heavy atom. The predicted octanol–water partition coefficient (Wildman–Crippen LogP) is 3.87. The van der Waals surface area contributed by atoms with Gasteiger partial charge < -0.3 is 20.0 Å². The lowest BCUT2D eigenvalue weighted by atomic mass is 10.2. The number of hydrogen-bond donors (Lipinski definition) is 3. The van der Waals surface area contributed by atoms with Gasteiger partial charge in [-0.2, -0.15) is 0 Å². The number of carbonyl (C=O) groups is 1. The van der Waals surface area contributed by atoms with E-state index in [1.165, 1.54) is 12.8 Å². The zero-order valence-electron chi connectivity index (χ0n) is 16.6. The van der Waals surface area contributed by atoms with Gasteiger partial charge in [0.15, 0.2) is 0 Å². The minimum Gasteiger partial charge on any atom is -0.468 e. The number of hydrogen-bond acceptors (Lipinski definition) is 4. The molecule has 0 bridgehead atoms. The number of H-pyrrole nitrogens is 1. The van der Waals surface area contributed by atoms with Gasteiger partial charge in [-0.15, -0.1) is 0 Å². The molecule has 3 aromatic rings. The number of urea groups is 1. The average molecular weight is 393 g/mol. The SMILES string of the molecule is CC(NC(=O)NCC(c1ccco1)N1CCCC1)c1ncc(-c2ccccc2)[nH]1. The van der Waals surface area contributed by atoms with E-state index in [4.69, 9.17) is 4.42 Å². The van der Waals surface area contributed by atoms with Gasteiger partial charge >= 0.3 is 6.03 Å². The molecule has 1 aromatic carbocycles. The van der Waals surface area contributed by atoms with Crippen LogP contribution in [0.2, 0.25) is 0 Å². The van der Waals surface area contributed by atoms with Crippen LogP contribution in [0, 0.1) is 0 Å². The van der Waals surface area contributed by atoms with Gasteiger partial charge in [0, 0.05) is 6.54 Å². The summed E-state index contributed by atoms with van der Waals surface area (Å²) in [6.07, 6.45) is 5.84. The quantitative estimate of drug-likeness (QED) is 0.569. The number of amides is 2. The molecule has 2 amide bonds. The van der Waals surface area contributed by atoms with Crippen LogP contribution in [0.5, 0.6) is 0 Å². The number of likely N-dealkylation sites (tertiary alicyclic amines) is 1. The summed E-state index contributed by atoms with van der Waals surface area (Å²) in [7, 11) is 0. The van der Waals surface area contributed by atoms with E-state index in [1.807, 2.05) is 49.4 Å². The van der Waals surface area contributed by atoms with Crippen molar-refractivity contribution in [3.05, 3.63) is 66.5 Å². The van der Waals surface area contributed by atoms with E-state index in [2.05, 4.69) is 25.5 Å². The van der Waals surface area contributed by atoms with Crippen molar-refractivity contribution in [3.8, 4) is 11.3 Å². The first-order valence-corrected chi connectivity index (χ1v) is 10.1. The Hall–Kier alpha value is -3.06. The van der Waals surface area contributed by atoms with Crippen molar-refractivity contribution < 1.29 is 9.21 Å². The maximum Gasteiger partial charge on any atom is 0.315 e. The predicted molar refractivity (Wildman–Crippen MR) is 111 cm³/mol. The van der Waals surface area contributed by atoms with E-state index < -0.39 is 0 Å². The van der Waals surface area contributed by atoms with Crippen LogP contribution in [0.1, 0.15) is 43.4 Å². The maximum atomic E-state index is 12.5. The number of nitrogens with one attached hydrogen (secondary N) is 3. The molecule has 1 aliphatic heterocycles. The highest BCUT2D eigenvalue weighted by molar-refractivity contribution is 5.74. The lowest BCUT2D eigenvalue weighted by molar-refractivity contribution is 0.202. The third kappa shape index (κ3) is 4.68. The van der Waals surface area contributed by atoms with Gasteiger partial charge in [-0.3, -0.25) is 4.90 Å². The van der Waals surface area contributed by atoms with Crippen LogP contribution in [-0.2, 0) is 0 Å². The fraction of sp³-hybridized carbons (Fsp3) is 0.364. The molecule has 1 saturated heterocycles. The summed E-state index contributed by atoms with van der Waals surface area (Å²) in [6.45, 7) is 4.47. The molecule has 0 aliphatic carbocycles. The second kappa shape index (κ2) is 8.96. The van der Waals surface area contributed by atoms with Gasteiger partial charge in [0.05, 0.1) is 30.2 Å². The first-order chi connectivity index (χ1) is 14.2. The monoisotopic (exact) mass is 393 g/mol. The lowest BCUT2D eigenvalue weighted by Crippen LogP contribution is -2.42. The summed E-state index contributed by atoms with van der Waals surface area (Å²) >= 11 is 0. The molecular weight excluding hydrogens is 366 g/mol. The number of aromatic amines is 1. The molecule has 1 fully saturated rings. The minimum atomic E-state index is -0.235.